The van der Waals surface area contributed by atoms with Gasteiger partial charge in [0.1, 0.15) is 10.6 Å². The van der Waals surface area contributed by atoms with E-state index < -0.39 is 11.9 Å². The molecular formula is C30H19BrClN3O4S. The maximum atomic E-state index is 12.9. The Morgan fingerprint density at radius 2 is 1.55 bits per heavy atom. The zero-order valence-electron chi connectivity index (χ0n) is 20.6. The van der Waals surface area contributed by atoms with Gasteiger partial charge in [-0.3, -0.25) is 9.59 Å². The summed E-state index contributed by atoms with van der Waals surface area (Å²) in [6.07, 6.45) is 1.38. The van der Waals surface area contributed by atoms with Crippen LogP contribution in [0.3, 0.4) is 0 Å². The number of benzene rings is 4. The first-order valence-electron chi connectivity index (χ1n) is 11.9. The molecule has 40 heavy (non-hydrogen) atoms. The molecule has 0 aliphatic carbocycles. The lowest BCUT2D eigenvalue weighted by atomic mass is 10.1. The average Bonchev–Trinajstić information content (AvgIpc) is 3.31. The SMILES string of the molecule is O=C(N/N=C\c1cc(Br)ccc1OC(=O)c1sc2ccccc2c1Cl)c1ccc(NC(=O)c2ccccc2)cc1. The van der Waals surface area contributed by atoms with Crippen LogP contribution < -0.4 is 15.5 Å². The van der Waals surface area contributed by atoms with Crippen molar-refractivity contribution in [2.24, 2.45) is 5.10 Å². The number of fused-ring (bicyclic) bond motifs is 1. The predicted molar refractivity (Wildman–Crippen MR) is 162 cm³/mol. The fourth-order valence-corrected chi connectivity index (χ4v) is 5.49. The average molecular weight is 633 g/mol. The summed E-state index contributed by atoms with van der Waals surface area (Å²) in [5.41, 5.74) is 4.34. The molecule has 5 aromatic rings. The lowest BCUT2D eigenvalue weighted by molar-refractivity contribution is 0.0739. The van der Waals surface area contributed by atoms with Crippen LogP contribution in [0.1, 0.15) is 36.0 Å². The molecule has 0 bridgehead atoms. The van der Waals surface area contributed by atoms with E-state index in [0.29, 0.717) is 32.3 Å². The smallest absolute Gasteiger partial charge is 0.355 e. The molecule has 0 aliphatic heterocycles. The van der Waals surface area contributed by atoms with Crippen molar-refractivity contribution < 1.29 is 19.1 Å². The van der Waals surface area contributed by atoms with Crippen molar-refractivity contribution in [2.45, 2.75) is 0 Å². The molecule has 7 nitrogen and oxygen atoms in total. The molecule has 0 aliphatic rings. The van der Waals surface area contributed by atoms with E-state index >= 15 is 0 Å². The van der Waals surface area contributed by atoms with Gasteiger partial charge in [0.15, 0.2) is 0 Å². The van der Waals surface area contributed by atoms with E-state index in [1.165, 1.54) is 17.6 Å². The normalized spacial score (nSPS) is 10.9. The van der Waals surface area contributed by atoms with Crippen LogP contribution in [0.5, 0.6) is 5.75 Å². The number of halogens is 2. The van der Waals surface area contributed by atoms with Crippen molar-refractivity contribution in [3.05, 3.63) is 128 Å². The lowest BCUT2D eigenvalue weighted by Gasteiger charge is -2.08. The molecule has 2 N–H and O–H groups in total. The van der Waals surface area contributed by atoms with Crippen molar-refractivity contribution in [1.82, 2.24) is 5.43 Å². The molecule has 0 saturated carbocycles. The highest BCUT2D eigenvalue weighted by Crippen LogP contribution is 2.36. The molecule has 0 unspecified atom stereocenters. The van der Waals surface area contributed by atoms with Crippen molar-refractivity contribution in [3.8, 4) is 5.75 Å². The number of thiophene rings is 1. The molecule has 1 aromatic heterocycles. The van der Waals surface area contributed by atoms with Crippen LogP contribution >= 0.6 is 38.9 Å². The fourth-order valence-electron chi connectivity index (χ4n) is 3.73. The summed E-state index contributed by atoms with van der Waals surface area (Å²) in [6, 6.07) is 27.7. The fraction of sp³-hybridized carbons (Fsp3) is 0. The summed E-state index contributed by atoms with van der Waals surface area (Å²) >= 11 is 11.1. The molecule has 4 aromatic carbocycles. The predicted octanol–water partition coefficient (Wildman–Crippen LogP) is 7.55. The van der Waals surface area contributed by atoms with Crippen LogP contribution in [0.2, 0.25) is 5.02 Å². The molecule has 198 valence electrons. The molecule has 10 heteroatoms. The van der Waals surface area contributed by atoms with E-state index in [1.807, 2.05) is 30.3 Å². The summed E-state index contributed by atoms with van der Waals surface area (Å²) < 4.78 is 7.25. The summed E-state index contributed by atoms with van der Waals surface area (Å²) in [5, 5.41) is 7.95. The molecule has 5 rings (SSSR count). The van der Waals surface area contributed by atoms with Gasteiger partial charge in [-0.15, -0.1) is 11.3 Å². The first-order valence-corrected chi connectivity index (χ1v) is 13.9. The van der Waals surface area contributed by atoms with Gasteiger partial charge in [-0.1, -0.05) is 63.9 Å². The minimum atomic E-state index is -0.591. The maximum absolute atomic E-state index is 12.9. The van der Waals surface area contributed by atoms with E-state index in [-0.39, 0.29) is 11.7 Å². The first-order chi connectivity index (χ1) is 19.4. The molecule has 0 fully saturated rings. The van der Waals surface area contributed by atoms with E-state index in [4.69, 9.17) is 16.3 Å². The Labute approximate surface area is 246 Å². The van der Waals surface area contributed by atoms with Gasteiger partial charge in [0.05, 0.1) is 11.2 Å². The third-order valence-corrected chi connectivity index (χ3v) is 7.85. The van der Waals surface area contributed by atoms with Gasteiger partial charge in [0.2, 0.25) is 0 Å². The van der Waals surface area contributed by atoms with Crippen molar-refractivity contribution >= 4 is 78.6 Å². The molecule has 0 radical (unpaired) electrons. The highest BCUT2D eigenvalue weighted by Gasteiger charge is 2.20. The van der Waals surface area contributed by atoms with E-state index in [1.54, 1.807) is 66.7 Å². The van der Waals surface area contributed by atoms with Crippen LogP contribution in [-0.2, 0) is 0 Å². The van der Waals surface area contributed by atoms with Crippen LogP contribution in [0.25, 0.3) is 10.1 Å². The van der Waals surface area contributed by atoms with E-state index in [0.717, 1.165) is 14.6 Å². The Bertz CT molecular complexity index is 1750. The molecule has 1 heterocycles. The van der Waals surface area contributed by atoms with Crippen molar-refractivity contribution in [3.63, 3.8) is 0 Å². The standard InChI is InChI=1S/C30H19BrClN3O4S/c31-21-12-15-24(39-30(38)27-26(32)23-8-4-5-9-25(23)40-27)20(16-21)17-33-35-29(37)19-10-13-22(14-11-19)34-28(36)18-6-2-1-3-7-18/h1-17H,(H,34,36)(H,35,37)/b33-17-. The Kier molecular flexibility index (Phi) is 8.35. The highest BCUT2D eigenvalue weighted by atomic mass is 79.9. The second kappa shape index (κ2) is 12.3. The van der Waals surface area contributed by atoms with Gasteiger partial charge >= 0.3 is 5.97 Å². The number of nitrogens with zero attached hydrogens (tertiary/aromatic N) is 1. The third kappa shape index (κ3) is 6.28. The Morgan fingerprint density at radius 1 is 0.850 bits per heavy atom. The number of carbonyl (C=O) groups excluding carboxylic acids is 3. The molecule has 0 saturated heterocycles. The maximum Gasteiger partial charge on any atom is 0.355 e. The number of rotatable bonds is 7. The largest absolute Gasteiger partial charge is 0.422 e. The van der Waals surface area contributed by atoms with Crippen LogP contribution in [-0.4, -0.2) is 24.0 Å². The second-order valence-corrected chi connectivity index (χ2v) is 10.8. The molecular weight excluding hydrogens is 614 g/mol. The Balaban J connectivity index is 1.24. The number of hydrogen-bond acceptors (Lipinski definition) is 6. The van der Waals surface area contributed by atoms with Gasteiger partial charge in [0, 0.05) is 36.9 Å². The van der Waals surface area contributed by atoms with E-state index in [9.17, 15) is 14.4 Å². The zero-order chi connectivity index (χ0) is 28.1. The topological polar surface area (TPSA) is 96.9 Å². The number of amides is 2. The Hall–Kier alpha value is -4.31. The molecule has 2 amide bonds. The summed E-state index contributed by atoms with van der Waals surface area (Å²) in [6.45, 7) is 0. The summed E-state index contributed by atoms with van der Waals surface area (Å²) in [4.78, 5) is 38.2. The number of carbonyl (C=O) groups is 3. The van der Waals surface area contributed by atoms with Gasteiger partial charge in [-0.2, -0.15) is 5.10 Å². The van der Waals surface area contributed by atoms with Crippen LogP contribution in [0, 0.1) is 0 Å². The minimum absolute atomic E-state index is 0.248. The van der Waals surface area contributed by atoms with Gasteiger partial charge in [0.25, 0.3) is 11.8 Å². The van der Waals surface area contributed by atoms with Crippen LogP contribution in [0.15, 0.2) is 107 Å². The number of hydrogen-bond donors (Lipinski definition) is 2. The first kappa shape index (κ1) is 27.3. The minimum Gasteiger partial charge on any atom is -0.422 e. The molecule has 0 spiro atoms. The Morgan fingerprint density at radius 3 is 2.30 bits per heavy atom. The van der Waals surface area contributed by atoms with Crippen molar-refractivity contribution in [2.75, 3.05) is 5.32 Å². The lowest BCUT2D eigenvalue weighted by Crippen LogP contribution is -2.18. The molecule has 0 atom stereocenters. The summed E-state index contributed by atoms with van der Waals surface area (Å²) in [5.74, 6) is -1.05. The van der Waals surface area contributed by atoms with Gasteiger partial charge in [-0.25, -0.2) is 10.2 Å². The zero-order valence-corrected chi connectivity index (χ0v) is 23.7. The van der Waals surface area contributed by atoms with Gasteiger partial charge in [-0.05, 0) is 60.7 Å². The number of anilines is 1. The number of esters is 1. The highest BCUT2D eigenvalue weighted by molar-refractivity contribution is 9.10. The number of hydrazone groups is 1. The number of ether oxygens (including phenoxy) is 1. The summed E-state index contributed by atoms with van der Waals surface area (Å²) in [7, 11) is 0. The number of nitrogens with one attached hydrogen (secondary N) is 2. The van der Waals surface area contributed by atoms with Crippen molar-refractivity contribution in [1.29, 1.82) is 0 Å². The van der Waals surface area contributed by atoms with E-state index in [2.05, 4.69) is 31.8 Å². The quantitative estimate of drug-likeness (QED) is 0.0838. The van der Waals surface area contributed by atoms with Crippen LogP contribution in [0.4, 0.5) is 5.69 Å². The second-order valence-electron chi connectivity index (χ2n) is 8.41. The third-order valence-electron chi connectivity index (χ3n) is 5.71. The van der Waals surface area contributed by atoms with Gasteiger partial charge < -0.3 is 10.1 Å². The monoisotopic (exact) mass is 631 g/mol.